The maximum Gasteiger partial charge on any atom is 0.275 e. The average molecular weight is 416 g/mol. The van der Waals surface area contributed by atoms with Crippen LogP contribution in [0.1, 0.15) is 36.1 Å². The van der Waals surface area contributed by atoms with Crippen molar-refractivity contribution in [3.8, 4) is 0 Å². The molecule has 1 aliphatic heterocycles. The molecular weight excluding hydrogens is 405 g/mol. The van der Waals surface area contributed by atoms with Gasteiger partial charge in [-0.05, 0) is 37.3 Å². The first-order chi connectivity index (χ1) is 13.4. The number of halogens is 2. The van der Waals surface area contributed by atoms with Crippen LogP contribution in [0, 0.1) is 12.7 Å². The molecule has 0 atom stereocenters. The lowest BCUT2D eigenvalue weighted by Gasteiger charge is -2.16. The van der Waals surface area contributed by atoms with E-state index in [1.54, 1.807) is 12.4 Å². The van der Waals surface area contributed by atoms with Gasteiger partial charge in [-0.3, -0.25) is 14.4 Å². The van der Waals surface area contributed by atoms with Crippen LogP contribution in [-0.2, 0) is 0 Å². The van der Waals surface area contributed by atoms with Gasteiger partial charge in [-0.2, -0.15) is 0 Å². The summed E-state index contributed by atoms with van der Waals surface area (Å²) in [6.45, 7) is 1.78. The van der Waals surface area contributed by atoms with Crippen molar-refractivity contribution in [2.45, 2.75) is 6.92 Å². The molecule has 4 rings (SSSR count). The number of imide groups is 1. The molecule has 2 heterocycles. The molecule has 3 amide bonds. The van der Waals surface area contributed by atoms with Crippen molar-refractivity contribution in [2.24, 2.45) is 0 Å². The molecule has 6 nitrogen and oxygen atoms in total. The molecule has 28 heavy (non-hydrogen) atoms. The predicted octanol–water partition coefficient (Wildman–Crippen LogP) is 4.30. The van der Waals surface area contributed by atoms with Gasteiger partial charge >= 0.3 is 0 Å². The highest BCUT2D eigenvalue weighted by atomic mass is 35.5. The van der Waals surface area contributed by atoms with E-state index < -0.39 is 23.5 Å². The Bertz CT molecular complexity index is 1160. The van der Waals surface area contributed by atoms with Crippen molar-refractivity contribution in [3.63, 3.8) is 0 Å². The van der Waals surface area contributed by atoms with Crippen molar-refractivity contribution in [2.75, 3.05) is 10.2 Å². The second kappa shape index (κ2) is 6.81. The van der Waals surface area contributed by atoms with E-state index in [-0.39, 0.29) is 21.8 Å². The van der Waals surface area contributed by atoms with Gasteiger partial charge in [-0.1, -0.05) is 17.7 Å². The Balaban J connectivity index is 1.63. The third-order valence-corrected chi connectivity index (χ3v) is 5.33. The number of nitrogens with zero attached hydrogens (tertiary/aromatic N) is 2. The SMILES string of the molecule is Cc1scnc1C(=O)Nc1ccc(N2C(=O)c3cccc(F)c3C2=O)c(Cl)c1. The number of rotatable bonds is 3. The topological polar surface area (TPSA) is 79.4 Å². The normalized spacial score (nSPS) is 13.0. The fourth-order valence-corrected chi connectivity index (χ4v) is 3.78. The van der Waals surface area contributed by atoms with Gasteiger partial charge in [0.25, 0.3) is 17.7 Å². The third-order valence-electron chi connectivity index (χ3n) is 4.27. The molecule has 1 aromatic heterocycles. The second-order valence-corrected chi connectivity index (χ2v) is 7.45. The number of hydrogen-bond donors (Lipinski definition) is 1. The van der Waals surface area contributed by atoms with E-state index in [4.69, 9.17) is 11.6 Å². The summed E-state index contributed by atoms with van der Waals surface area (Å²) in [5.41, 5.74) is 2.06. The van der Waals surface area contributed by atoms with Gasteiger partial charge in [0.15, 0.2) is 0 Å². The number of fused-ring (bicyclic) bond motifs is 1. The van der Waals surface area contributed by atoms with Crippen molar-refractivity contribution < 1.29 is 18.8 Å². The number of aromatic nitrogens is 1. The maximum absolute atomic E-state index is 14.0. The summed E-state index contributed by atoms with van der Waals surface area (Å²) in [6, 6.07) is 8.21. The largest absolute Gasteiger partial charge is 0.321 e. The van der Waals surface area contributed by atoms with Gasteiger partial charge in [-0.15, -0.1) is 11.3 Å². The fraction of sp³-hybridized carbons (Fsp3) is 0.0526. The zero-order valence-electron chi connectivity index (χ0n) is 14.3. The number of thiazole rings is 1. The number of benzene rings is 2. The zero-order valence-corrected chi connectivity index (χ0v) is 15.9. The van der Waals surface area contributed by atoms with Crippen LogP contribution in [0.5, 0.6) is 0 Å². The molecule has 0 saturated heterocycles. The van der Waals surface area contributed by atoms with Crippen molar-refractivity contribution in [1.29, 1.82) is 0 Å². The number of aryl methyl sites for hydroxylation is 1. The predicted molar refractivity (Wildman–Crippen MR) is 104 cm³/mol. The first-order valence-corrected chi connectivity index (χ1v) is 9.32. The minimum Gasteiger partial charge on any atom is -0.321 e. The summed E-state index contributed by atoms with van der Waals surface area (Å²) in [5, 5.41) is 2.72. The van der Waals surface area contributed by atoms with Crippen LogP contribution in [0.3, 0.4) is 0 Å². The smallest absolute Gasteiger partial charge is 0.275 e. The van der Waals surface area contributed by atoms with Crippen LogP contribution in [0.4, 0.5) is 15.8 Å². The Morgan fingerprint density at radius 1 is 1.21 bits per heavy atom. The van der Waals surface area contributed by atoms with Gasteiger partial charge in [0.2, 0.25) is 0 Å². The summed E-state index contributed by atoms with van der Waals surface area (Å²) in [4.78, 5) is 43.0. The number of amides is 3. The van der Waals surface area contributed by atoms with Gasteiger partial charge in [0.1, 0.15) is 11.5 Å². The van der Waals surface area contributed by atoms with E-state index in [9.17, 15) is 18.8 Å². The van der Waals surface area contributed by atoms with Crippen molar-refractivity contribution in [3.05, 3.63) is 74.4 Å². The summed E-state index contributed by atoms with van der Waals surface area (Å²) < 4.78 is 14.0. The molecule has 1 N–H and O–H groups in total. The Kier molecular flexibility index (Phi) is 4.44. The van der Waals surface area contributed by atoms with Crippen LogP contribution in [0.2, 0.25) is 5.02 Å². The zero-order chi connectivity index (χ0) is 20.0. The monoisotopic (exact) mass is 415 g/mol. The minimum atomic E-state index is -0.783. The fourth-order valence-electron chi connectivity index (χ4n) is 2.94. The van der Waals surface area contributed by atoms with Gasteiger partial charge in [-0.25, -0.2) is 14.3 Å². The minimum absolute atomic E-state index is 0.0162. The quantitative estimate of drug-likeness (QED) is 0.647. The highest BCUT2D eigenvalue weighted by Gasteiger charge is 2.39. The number of nitrogens with one attached hydrogen (secondary N) is 1. The lowest BCUT2D eigenvalue weighted by atomic mass is 10.1. The number of anilines is 2. The molecule has 140 valence electrons. The Labute approximate surface area is 167 Å². The van der Waals surface area contributed by atoms with Crippen LogP contribution >= 0.6 is 22.9 Å². The van der Waals surface area contributed by atoms with Gasteiger partial charge in [0.05, 0.1) is 27.3 Å². The Morgan fingerprint density at radius 3 is 2.64 bits per heavy atom. The van der Waals surface area contributed by atoms with Gasteiger partial charge in [0, 0.05) is 10.6 Å². The van der Waals surface area contributed by atoms with E-state index in [2.05, 4.69) is 10.3 Å². The Morgan fingerprint density at radius 2 is 2.00 bits per heavy atom. The molecule has 0 spiro atoms. The standard InChI is InChI=1S/C19H11ClFN3O3S/c1-9-16(22-8-28-9)17(25)23-10-5-6-14(12(20)7-10)24-18(26)11-3-2-4-13(21)15(11)19(24)27/h2-8H,1H3,(H,23,25). The molecule has 0 aliphatic carbocycles. The average Bonchev–Trinajstić information content (AvgIpc) is 3.18. The number of hydrogen-bond acceptors (Lipinski definition) is 5. The molecular formula is C19H11ClFN3O3S. The first kappa shape index (κ1) is 18.3. The van der Waals surface area contributed by atoms with E-state index in [0.717, 1.165) is 15.8 Å². The molecule has 0 fully saturated rings. The molecule has 9 heteroatoms. The number of carbonyl (C=O) groups excluding carboxylic acids is 3. The Hall–Kier alpha value is -3.10. The summed E-state index contributed by atoms with van der Waals surface area (Å²) >= 11 is 7.61. The molecule has 2 aromatic carbocycles. The van der Waals surface area contributed by atoms with E-state index >= 15 is 0 Å². The maximum atomic E-state index is 14.0. The molecule has 1 aliphatic rings. The molecule has 3 aromatic rings. The van der Waals surface area contributed by atoms with Crippen molar-refractivity contribution >= 4 is 52.0 Å². The van der Waals surface area contributed by atoms with Crippen molar-refractivity contribution in [1.82, 2.24) is 4.98 Å². The summed E-state index contributed by atoms with van der Waals surface area (Å²) in [6.07, 6.45) is 0. The highest BCUT2D eigenvalue weighted by molar-refractivity contribution is 7.09. The van der Waals surface area contributed by atoms with E-state index in [0.29, 0.717) is 11.4 Å². The molecule has 0 radical (unpaired) electrons. The van der Waals surface area contributed by atoms with Crippen LogP contribution in [-0.4, -0.2) is 22.7 Å². The lowest BCUT2D eigenvalue weighted by Crippen LogP contribution is -2.29. The summed E-state index contributed by atoms with van der Waals surface area (Å²) in [5.74, 6) is -2.60. The third kappa shape index (κ3) is 2.87. The van der Waals surface area contributed by atoms with E-state index in [1.807, 2.05) is 0 Å². The summed E-state index contributed by atoms with van der Waals surface area (Å²) in [7, 11) is 0. The van der Waals surface area contributed by atoms with Crippen LogP contribution < -0.4 is 10.2 Å². The van der Waals surface area contributed by atoms with Crippen LogP contribution in [0.15, 0.2) is 41.9 Å². The first-order valence-electron chi connectivity index (χ1n) is 8.06. The van der Waals surface area contributed by atoms with E-state index in [1.165, 1.54) is 41.7 Å². The number of carbonyl (C=O) groups is 3. The molecule has 0 saturated carbocycles. The second-order valence-electron chi connectivity index (χ2n) is 5.99. The van der Waals surface area contributed by atoms with Gasteiger partial charge < -0.3 is 5.32 Å². The van der Waals surface area contributed by atoms with Crippen LogP contribution in [0.25, 0.3) is 0 Å². The highest BCUT2D eigenvalue weighted by Crippen LogP contribution is 2.35. The molecule has 0 bridgehead atoms. The molecule has 0 unspecified atom stereocenters. The lowest BCUT2D eigenvalue weighted by molar-refractivity contribution is 0.0923.